The minimum absolute atomic E-state index is 0.169. The topological polar surface area (TPSA) is 38.0 Å². The first kappa shape index (κ1) is 13.7. The fourth-order valence-corrected chi connectivity index (χ4v) is 3.49. The van der Waals surface area contributed by atoms with E-state index in [0.29, 0.717) is 0 Å². The van der Waals surface area contributed by atoms with E-state index in [1.54, 1.807) is 11.3 Å². The highest BCUT2D eigenvalue weighted by molar-refractivity contribution is 9.11. The normalized spacial score (nSPS) is 12.7. The van der Waals surface area contributed by atoms with Gasteiger partial charge in [-0.3, -0.25) is 11.3 Å². The number of hydrazine groups is 1. The fourth-order valence-electron chi connectivity index (χ4n) is 1.86. The molecule has 1 heterocycles. The van der Waals surface area contributed by atoms with Gasteiger partial charge in [0, 0.05) is 4.88 Å². The summed E-state index contributed by atoms with van der Waals surface area (Å²) in [6.45, 7) is 4.20. The highest BCUT2D eigenvalue weighted by atomic mass is 79.9. The van der Waals surface area contributed by atoms with Crippen LogP contribution in [0.15, 0.2) is 34.1 Å². The van der Waals surface area contributed by atoms with E-state index in [2.05, 4.69) is 65.5 Å². The zero-order chi connectivity index (χ0) is 13.1. The molecular weight excluding hydrogens is 308 g/mol. The van der Waals surface area contributed by atoms with Crippen LogP contribution in [0.4, 0.5) is 0 Å². The third-order valence-corrected chi connectivity index (χ3v) is 5.23. The molecule has 2 rings (SSSR count). The molecule has 2 nitrogen and oxygen atoms in total. The van der Waals surface area contributed by atoms with Gasteiger partial charge < -0.3 is 0 Å². The van der Waals surface area contributed by atoms with Crippen LogP contribution >= 0.6 is 27.3 Å². The first-order chi connectivity index (χ1) is 8.60. The van der Waals surface area contributed by atoms with E-state index < -0.39 is 0 Å². The molecule has 0 radical (unpaired) electrons. The average molecular weight is 325 g/mol. The maximum Gasteiger partial charge on any atom is 0.0731 e. The van der Waals surface area contributed by atoms with E-state index in [1.165, 1.54) is 25.4 Å². The Morgan fingerprint density at radius 1 is 1.28 bits per heavy atom. The quantitative estimate of drug-likeness (QED) is 0.661. The Labute approximate surface area is 120 Å². The summed E-state index contributed by atoms with van der Waals surface area (Å²) >= 11 is 5.30. The summed E-state index contributed by atoms with van der Waals surface area (Å²) in [5.74, 6) is 5.68. The Hall–Kier alpha value is -0.680. The van der Waals surface area contributed by atoms with Gasteiger partial charge in [-0.15, -0.1) is 11.3 Å². The molecule has 0 saturated heterocycles. The molecule has 0 spiro atoms. The van der Waals surface area contributed by atoms with E-state index in [1.807, 2.05) is 0 Å². The molecule has 4 heteroatoms. The summed E-state index contributed by atoms with van der Waals surface area (Å²) in [6, 6.07) is 11.0. The van der Waals surface area contributed by atoms with Gasteiger partial charge in [0.05, 0.1) is 9.83 Å². The fraction of sp³-hybridized carbons (Fsp3) is 0.286. The molecular formula is C14H17BrN2S. The van der Waals surface area contributed by atoms with Crippen molar-refractivity contribution in [3.05, 3.63) is 55.7 Å². The molecule has 0 saturated carbocycles. The molecule has 18 heavy (non-hydrogen) atoms. The van der Waals surface area contributed by atoms with Gasteiger partial charge in [-0.05, 0) is 53.4 Å². The zero-order valence-electron chi connectivity index (χ0n) is 10.5. The van der Waals surface area contributed by atoms with Gasteiger partial charge in [0.2, 0.25) is 0 Å². The molecule has 1 aromatic heterocycles. The third-order valence-electron chi connectivity index (χ3n) is 2.98. The molecule has 3 N–H and O–H groups in total. The van der Waals surface area contributed by atoms with Crippen molar-refractivity contribution in [3.63, 3.8) is 0 Å². The van der Waals surface area contributed by atoms with Crippen molar-refractivity contribution in [3.8, 4) is 0 Å². The van der Waals surface area contributed by atoms with Gasteiger partial charge in [-0.25, -0.2) is 0 Å². The summed E-state index contributed by atoms with van der Waals surface area (Å²) in [4.78, 5) is 1.27. The monoisotopic (exact) mass is 324 g/mol. The van der Waals surface area contributed by atoms with Gasteiger partial charge >= 0.3 is 0 Å². The van der Waals surface area contributed by atoms with Crippen LogP contribution in [0.2, 0.25) is 0 Å². The number of rotatable bonds is 4. The smallest absolute Gasteiger partial charge is 0.0731 e. The van der Waals surface area contributed by atoms with Crippen molar-refractivity contribution >= 4 is 27.3 Å². The Morgan fingerprint density at radius 3 is 2.44 bits per heavy atom. The lowest BCUT2D eigenvalue weighted by Crippen LogP contribution is -2.28. The van der Waals surface area contributed by atoms with E-state index in [0.717, 1.165) is 6.42 Å². The van der Waals surface area contributed by atoms with E-state index in [4.69, 9.17) is 5.84 Å². The van der Waals surface area contributed by atoms with Crippen molar-refractivity contribution < 1.29 is 0 Å². The summed E-state index contributed by atoms with van der Waals surface area (Å²) in [5.41, 5.74) is 6.75. The van der Waals surface area contributed by atoms with Gasteiger partial charge in [0.15, 0.2) is 0 Å². The largest absolute Gasteiger partial charge is 0.271 e. The molecule has 1 unspecified atom stereocenters. The number of aryl methyl sites for hydroxylation is 2. The first-order valence-electron chi connectivity index (χ1n) is 5.87. The van der Waals surface area contributed by atoms with Crippen molar-refractivity contribution in [2.24, 2.45) is 5.84 Å². The third kappa shape index (κ3) is 3.20. The maximum atomic E-state index is 5.68. The van der Waals surface area contributed by atoms with Crippen LogP contribution < -0.4 is 11.3 Å². The SMILES string of the molecule is Cc1ccc(CC(NN)c2cc(C)c(Br)s2)cc1. The number of nitrogens with one attached hydrogen (secondary N) is 1. The standard InChI is InChI=1S/C14H17BrN2S/c1-9-3-5-11(6-4-9)8-12(17-16)13-7-10(2)14(15)18-13/h3-7,12,17H,8,16H2,1-2H3. The van der Waals surface area contributed by atoms with E-state index in [9.17, 15) is 0 Å². The maximum absolute atomic E-state index is 5.68. The molecule has 1 aromatic carbocycles. The van der Waals surface area contributed by atoms with Crippen molar-refractivity contribution in [2.45, 2.75) is 26.3 Å². The summed E-state index contributed by atoms with van der Waals surface area (Å²) in [7, 11) is 0. The number of nitrogens with two attached hydrogens (primary N) is 1. The van der Waals surface area contributed by atoms with E-state index >= 15 is 0 Å². The molecule has 0 fully saturated rings. The predicted octanol–water partition coefficient (Wildman–Crippen LogP) is 3.87. The predicted molar refractivity (Wildman–Crippen MR) is 81.7 cm³/mol. The van der Waals surface area contributed by atoms with Crippen LogP contribution in [0.3, 0.4) is 0 Å². The van der Waals surface area contributed by atoms with Crippen LogP contribution in [-0.4, -0.2) is 0 Å². The van der Waals surface area contributed by atoms with Crippen LogP contribution in [0.1, 0.15) is 27.6 Å². The second kappa shape index (κ2) is 5.97. The van der Waals surface area contributed by atoms with Gasteiger partial charge in [-0.2, -0.15) is 0 Å². The number of halogens is 1. The van der Waals surface area contributed by atoms with Crippen LogP contribution in [0, 0.1) is 13.8 Å². The van der Waals surface area contributed by atoms with Crippen molar-refractivity contribution in [1.82, 2.24) is 5.43 Å². The number of hydrogen-bond acceptors (Lipinski definition) is 3. The summed E-state index contributed by atoms with van der Waals surface area (Å²) in [6.07, 6.45) is 0.906. The lowest BCUT2D eigenvalue weighted by molar-refractivity contribution is 0.560. The lowest BCUT2D eigenvalue weighted by Gasteiger charge is -2.14. The number of thiophene rings is 1. The van der Waals surface area contributed by atoms with E-state index in [-0.39, 0.29) is 6.04 Å². The number of benzene rings is 1. The molecule has 2 aromatic rings. The molecule has 1 atom stereocenters. The first-order valence-corrected chi connectivity index (χ1v) is 7.48. The molecule has 0 bridgehead atoms. The minimum Gasteiger partial charge on any atom is -0.271 e. The molecule has 0 amide bonds. The highest BCUT2D eigenvalue weighted by Crippen LogP contribution is 2.32. The molecule has 0 aliphatic rings. The Balaban J connectivity index is 2.16. The molecule has 96 valence electrons. The Kier molecular flexibility index (Phi) is 4.56. The highest BCUT2D eigenvalue weighted by Gasteiger charge is 2.14. The summed E-state index contributed by atoms with van der Waals surface area (Å²) in [5, 5.41) is 0. The summed E-state index contributed by atoms with van der Waals surface area (Å²) < 4.78 is 1.18. The molecule has 0 aliphatic heterocycles. The van der Waals surface area contributed by atoms with Crippen LogP contribution in [0.25, 0.3) is 0 Å². The van der Waals surface area contributed by atoms with Gasteiger partial charge in [0.1, 0.15) is 0 Å². The zero-order valence-corrected chi connectivity index (χ0v) is 12.9. The van der Waals surface area contributed by atoms with Gasteiger partial charge in [-0.1, -0.05) is 29.8 Å². The lowest BCUT2D eigenvalue weighted by atomic mass is 10.0. The van der Waals surface area contributed by atoms with Gasteiger partial charge in [0.25, 0.3) is 0 Å². The van der Waals surface area contributed by atoms with Crippen molar-refractivity contribution in [2.75, 3.05) is 0 Å². The Morgan fingerprint density at radius 2 is 1.94 bits per heavy atom. The van der Waals surface area contributed by atoms with Crippen molar-refractivity contribution in [1.29, 1.82) is 0 Å². The Bertz CT molecular complexity index is 500. The average Bonchev–Trinajstić information content (AvgIpc) is 2.69. The number of hydrogen-bond donors (Lipinski definition) is 2. The second-order valence-electron chi connectivity index (χ2n) is 4.51. The molecule has 0 aliphatic carbocycles. The second-order valence-corrected chi connectivity index (χ2v) is 6.92. The van der Waals surface area contributed by atoms with Crippen LogP contribution in [-0.2, 0) is 6.42 Å². The minimum atomic E-state index is 0.169. The van der Waals surface area contributed by atoms with Crippen LogP contribution in [0.5, 0.6) is 0 Å².